The van der Waals surface area contributed by atoms with Gasteiger partial charge in [0.25, 0.3) is 0 Å². The van der Waals surface area contributed by atoms with Crippen molar-refractivity contribution in [1.29, 1.82) is 0 Å². The molecule has 1 aromatic rings. The SMILES string of the molecule is C#CCN1CCCC1c1ccc2c(c1)OCCO2. The molecule has 3 heteroatoms. The fraction of sp³-hybridized carbons (Fsp3) is 0.467. The molecule has 0 radical (unpaired) electrons. The molecule has 2 heterocycles. The second kappa shape index (κ2) is 4.91. The summed E-state index contributed by atoms with van der Waals surface area (Å²) >= 11 is 0. The Morgan fingerprint density at radius 1 is 1.28 bits per heavy atom. The van der Waals surface area contributed by atoms with Gasteiger partial charge in [-0.25, -0.2) is 0 Å². The first-order chi connectivity index (χ1) is 8.88. The predicted octanol–water partition coefficient (Wildman–Crippen LogP) is 2.23. The van der Waals surface area contributed by atoms with Crippen LogP contribution in [0.25, 0.3) is 0 Å². The van der Waals surface area contributed by atoms with Crippen LogP contribution in [-0.2, 0) is 0 Å². The fourth-order valence-corrected chi connectivity index (χ4v) is 2.78. The van der Waals surface area contributed by atoms with Gasteiger partial charge in [0.2, 0.25) is 0 Å². The van der Waals surface area contributed by atoms with Crippen LogP contribution < -0.4 is 9.47 Å². The molecule has 0 bridgehead atoms. The highest BCUT2D eigenvalue weighted by molar-refractivity contribution is 5.44. The predicted molar refractivity (Wildman–Crippen MR) is 69.8 cm³/mol. The number of benzene rings is 1. The second-order valence-electron chi connectivity index (χ2n) is 4.74. The van der Waals surface area contributed by atoms with Crippen molar-refractivity contribution >= 4 is 0 Å². The third-order valence-electron chi connectivity index (χ3n) is 3.61. The van der Waals surface area contributed by atoms with Crippen LogP contribution in [0, 0.1) is 12.3 Å². The number of ether oxygens (including phenoxy) is 2. The first-order valence-electron chi connectivity index (χ1n) is 6.45. The molecule has 18 heavy (non-hydrogen) atoms. The number of likely N-dealkylation sites (tertiary alicyclic amines) is 1. The Morgan fingerprint density at radius 2 is 2.11 bits per heavy atom. The van der Waals surface area contributed by atoms with Crippen molar-refractivity contribution in [2.24, 2.45) is 0 Å². The molecule has 1 unspecified atom stereocenters. The van der Waals surface area contributed by atoms with E-state index in [-0.39, 0.29) is 0 Å². The smallest absolute Gasteiger partial charge is 0.161 e. The van der Waals surface area contributed by atoms with E-state index in [2.05, 4.69) is 23.0 Å². The molecule has 0 aromatic heterocycles. The number of rotatable bonds is 2. The summed E-state index contributed by atoms with van der Waals surface area (Å²) in [5.41, 5.74) is 1.28. The molecule has 1 atom stereocenters. The van der Waals surface area contributed by atoms with E-state index in [4.69, 9.17) is 15.9 Å². The van der Waals surface area contributed by atoms with Crippen LogP contribution in [0.1, 0.15) is 24.4 Å². The summed E-state index contributed by atoms with van der Waals surface area (Å²) in [4.78, 5) is 2.35. The van der Waals surface area contributed by atoms with Crippen molar-refractivity contribution in [3.63, 3.8) is 0 Å². The Bertz CT molecular complexity index is 478. The van der Waals surface area contributed by atoms with Crippen LogP contribution in [-0.4, -0.2) is 31.2 Å². The van der Waals surface area contributed by atoms with Gasteiger partial charge in [0, 0.05) is 6.04 Å². The van der Waals surface area contributed by atoms with Crippen molar-refractivity contribution in [3.8, 4) is 23.8 Å². The second-order valence-corrected chi connectivity index (χ2v) is 4.74. The first kappa shape index (κ1) is 11.4. The van der Waals surface area contributed by atoms with Crippen molar-refractivity contribution < 1.29 is 9.47 Å². The summed E-state index contributed by atoms with van der Waals surface area (Å²) in [5.74, 6) is 4.46. The summed E-state index contributed by atoms with van der Waals surface area (Å²) in [6.07, 6.45) is 7.80. The van der Waals surface area contributed by atoms with E-state index >= 15 is 0 Å². The van der Waals surface area contributed by atoms with Crippen molar-refractivity contribution in [2.75, 3.05) is 26.3 Å². The van der Waals surface area contributed by atoms with Crippen molar-refractivity contribution in [1.82, 2.24) is 4.90 Å². The molecule has 3 rings (SSSR count). The molecule has 0 N–H and O–H groups in total. The summed E-state index contributed by atoms with van der Waals surface area (Å²) in [6, 6.07) is 6.67. The Labute approximate surface area is 108 Å². The fourth-order valence-electron chi connectivity index (χ4n) is 2.78. The van der Waals surface area contributed by atoms with Gasteiger partial charge in [-0.2, -0.15) is 0 Å². The molecule has 0 spiro atoms. The maximum atomic E-state index is 5.64. The topological polar surface area (TPSA) is 21.7 Å². The largest absolute Gasteiger partial charge is 0.486 e. The lowest BCUT2D eigenvalue weighted by atomic mass is 10.0. The minimum Gasteiger partial charge on any atom is -0.486 e. The minimum atomic E-state index is 0.428. The van der Waals surface area contributed by atoms with E-state index in [0.717, 1.165) is 24.6 Å². The standard InChI is InChI=1S/C15H17NO2/c1-2-7-16-8-3-4-13(16)12-5-6-14-15(11-12)18-10-9-17-14/h1,5-6,11,13H,3-4,7-10H2. The zero-order valence-corrected chi connectivity index (χ0v) is 10.4. The summed E-state index contributed by atoms with van der Waals surface area (Å²) < 4.78 is 11.2. The third kappa shape index (κ3) is 2.04. The van der Waals surface area contributed by atoms with E-state index in [9.17, 15) is 0 Å². The van der Waals surface area contributed by atoms with Crippen molar-refractivity contribution in [2.45, 2.75) is 18.9 Å². The molecule has 0 amide bonds. The molecule has 1 aromatic carbocycles. The number of hydrogen-bond acceptors (Lipinski definition) is 3. The lowest BCUT2D eigenvalue weighted by Gasteiger charge is -2.25. The van der Waals surface area contributed by atoms with E-state index in [1.54, 1.807) is 0 Å². The highest BCUT2D eigenvalue weighted by atomic mass is 16.6. The Kier molecular flexibility index (Phi) is 3.12. The molecule has 3 nitrogen and oxygen atoms in total. The minimum absolute atomic E-state index is 0.428. The van der Waals surface area contributed by atoms with Crippen molar-refractivity contribution in [3.05, 3.63) is 23.8 Å². The van der Waals surface area contributed by atoms with E-state index in [1.807, 2.05) is 6.07 Å². The summed E-state index contributed by atoms with van der Waals surface area (Å²) in [7, 11) is 0. The average molecular weight is 243 g/mol. The number of hydrogen-bond donors (Lipinski definition) is 0. The van der Waals surface area contributed by atoms with Crippen LogP contribution >= 0.6 is 0 Å². The first-order valence-corrected chi connectivity index (χ1v) is 6.45. The quantitative estimate of drug-likeness (QED) is 0.743. The molecule has 94 valence electrons. The van der Waals surface area contributed by atoms with Gasteiger partial charge in [0.05, 0.1) is 6.54 Å². The molecule has 0 aliphatic carbocycles. The van der Waals surface area contributed by atoms with Crippen LogP contribution in [0.2, 0.25) is 0 Å². The van der Waals surface area contributed by atoms with Gasteiger partial charge >= 0.3 is 0 Å². The van der Waals surface area contributed by atoms with Crippen LogP contribution in [0.4, 0.5) is 0 Å². The van der Waals surface area contributed by atoms with Gasteiger partial charge in [-0.1, -0.05) is 12.0 Å². The van der Waals surface area contributed by atoms with Gasteiger partial charge in [-0.05, 0) is 37.1 Å². The average Bonchev–Trinajstić information content (AvgIpc) is 2.87. The van der Waals surface area contributed by atoms with E-state index in [1.165, 1.54) is 18.4 Å². The zero-order chi connectivity index (χ0) is 12.4. The van der Waals surface area contributed by atoms with Gasteiger partial charge in [0.15, 0.2) is 11.5 Å². The Morgan fingerprint density at radius 3 is 2.94 bits per heavy atom. The highest BCUT2D eigenvalue weighted by Crippen LogP contribution is 2.37. The number of fused-ring (bicyclic) bond motifs is 1. The Balaban J connectivity index is 1.85. The lowest BCUT2D eigenvalue weighted by molar-refractivity contribution is 0.171. The molecule has 2 aliphatic heterocycles. The lowest BCUT2D eigenvalue weighted by Crippen LogP contribution is -2.23. The van der Waals surface area contributed by atoms with Crippen LogP contribution in [0.5, 0.6) is 11.5 Å². The highest BCUT2D eigenvalue weighted by Gasteiger charge is 2.26. The third-order valence-corrected chi connectivity index (χ3v) is 3.61. The van der Waals surface area contributed by atoms with Gasteiger partial charge in [0.1, 0.15) is 13.2 Å². The normalized spacial score (nSPS) is 22.7. The summed E-state index contributed by atoms with van der Waals surface area (Å²) in [5, 5.41) is 0. The molecule has 0 saturated carbocycles. The molecular formula is C15H17NO2. The van der Waals surface area contributed by atoms with E-state index in [0.29, 0.717) is 19.3 Å². The molecular weight excluding hydrogens is 226 g/mol. The summed E-state index contributed by atoms with van der Waals surface area (Å²) in [6.45, 7) is 3.08. The van der Waals surface area contributed by atoms with Gasteiger partial charge in [-0.3, -0.25) is 4.90 Å². The van der Waals surface area contributed by atoms with Crippen LogP contribution in [0.3, 0.4) is 0 Å². The maximum absolute atomic E-state index is 5.64. The maximum Gasteiger partial charge on any atom is 0.161 e. The van der Waals surface area contributed by atoms with E-state index < -0.39 is 0 Å². The van der Waals surface area contributed by atoms with Gasteiger partial charge < -0.3 is 9.47 Å². The molecule has 1 fully saturated rings. The molecule has 1 saturated heterocycles. The number of nitrogens with zero attached hydrogens (tertiary/aromatic N) is 1. The monoisotopic (exact) mass is 243 g/mol. The zero-order valence-electron chi connectivity index (χ0n) is 10.4. The molecule has 2 aliphatic rings. The van der Waals surface area contributed by atoms with Gasteiger partial charge in [-0.15, -0.1) is 6.42 Å². The number of terminal acetylenes is 1. The Hall–Kier alpha value is -1.66. The van der Waals surface area contributed by atoms with Crippen LogP contribution in [0.15, 0.2) is 18.2 Å².